The van der Waals surface area contributed by atoms with Crippen LogP contribution in [0.1, 0.15) is 17.3 Å². The van der Waals surface area contributed by atoms with Crippen LogP contribution in [-0.4, -0.2) is 23.0 Å². The summed E-state index contributed by atoms with van der Waals surface area (Å²) >= 11 is 1.29. The molecule has 3 N–H and O–H groups in total. The number of benzene rings is 2. The maximum absolute atomic E-state index is 12.2. The first-order valence-corrected chi connectivity index (χ1v) is 8.07. The first-order chi connectivity index (χ1) is 11.5. The zero-order valence-electron chi connectivity index (χ0n) is 12.9. The summed E-state index contributed by atoms with van der Waals surface area (Å²) in [7, 11) is 0. The topological polar surface area (TPSA) is 94.3 Å². The standard InChI is InChI=1S/C17H15N3O3S/c1-10(15(21)19-12-5-3-2-4-6-12)23-16(22)11-7-8-13-14(9-11)24-17(18)20-13/h2-10H,1H3,(H2,18,20)(H,19,21). The van der Waals surface area contributed by atoms with Crippen LogP contribution in [0.15, 0.2) is 48.5 Å². The van der Waals surface area contributed by atoms with Crippen LogP contribution < -0.4 is 11.1 Å². The number of rotatable bonds is 4. The highest BCUT2D eigenvalue weighted by Gasteiger charge is 2.19. The van der Waals surface area contributed by atoms with Crippen molar-refractivity contribution in [2.45, 2.75) is 13.0 Å². The normalized spacial score (nSPS) is 11.9. The van der Waals surface area contributed by atoms with E-state index in [2.05, 4.69) is 10.3 Å². The molecule has 7 heteroatoms. The fourth-order valence-electron chi connectivity index (χ4n) is 2.12. The van der Waals surface area contributed by atoms with Gasteiger partial charge in [-0.15, -0.1) is 0 Å². The van der Waals surface area contributed by atoms with Gasteiger partial charge in [0.05, 0.1) is 15.8 Å². The largest absolute Gasteiger partial charge is 0.449 e. The SMILES string of the molecule is CC(OC(=O)c1ccc2nc(N)sc2c1)C(=O)Nc1ccccc1. The van der Waals surface area contributed by atoms with Gasteiger partial charge >= 0.3 is 5.97 Å². The van der Waals surface area contributed by atoms with Gasteiger partial charge in [0.15, 0.2) is 11.2 Å². The van der Waals surface area contributed by atoms with E-state index in [9.17, 15) is 9.59 Å². The van der Waals surface area contributed by atoms with E-state index >= 15 is 0 Å². The molecule has 0 saturated heterocycles. The van der Waals surface area contributed by atoms with Crippen molar-refractivity contribution in [3.63, 3.8) is 0 Å². The number of nitrogen functional groups attached to an aromatic ring is 1. The average Bonchev–Trinajstić information content (AvgIpc) is 2.94. The van der Waals surface area contributed by atoms with Crippen molar-refractivity contribution in [1.82, 2.24) is 4.98 Å². The first kappa shape index (κ1) is 15.9. The maximum atomic E-state index is 12.2. The number of nitrogens with one attached hydrogen (secondary N) is 1. The zero-order valence-corrected chi connectivity index (χ0v) is 13.7. The van der Waals surface area contributed by atoms with Crippen molar-refractivity contribution >= 4 is 44.2 Å². The molecule has 24 heavy (non-hydrogen) atoms. The zero-order chi connectivity index (χ0) is 17.1. The van der Waals surface area contributed by atoms with Crippen LogP contribution in [0.3, 0.4) is 0 Å². The van der Waals surface area contributed by atoms with Gasteiger partial charge < -0.3 is 15.8 Å². The fourth-order valence-corrected chi connectivity index (χ4v) is 2.89. The minimum Gasteiger partial charge on any atom is -0.449 e. The second kappa shape index (κ2) is 6.67. The molecule has 0 aliphatic heterocycles. The summed E-state index contributed by atoms with van der Waals surface area (Å²) in [5.41, 5.74) is 7.37. The summed E-state index contributed by atoms with van der Waals surface area (Å²) in [5, 5.41) is 3.13. The van der Waals surface area contributed by atoms with Crippen LogP contribution in [0.25, 0.3) is 10.2 Å². The summed E-state index contributed by atoms with van der Waals surface area (Å²) in [4.78, 5) is 28.4. The average molecular weight is 341 g/mol. The Kier molecular flexibility index (Phi) is 4.43. The number of hydrogen-bond acceptors (Lipinski definition) is 6. The lowest BCUT2D eigenvalue weighted by Crippen LogP contribution is -2.29. The molecule has 0 aliphatic rings. The first-order valence-electron chi connectivity index (χ1n) is 7.26. The number of carbonyl (C=O) groups excluding carboxylic acids is 2. The van der Waals surface area contributed by atoms with Gasteiger partial charge in [-0.25, -0.2) is 9.78 Å². The Balaban J connectivity index is 1.67. The lowest BCUT2D eigenvalue weighted by atomic mass is 10.2. The highest BCUT2D eigenvalue weighted by molar-refractivity contribution is 7.22. The van der Waals surface area contributed by atoms with Crippen molar-refractivity contribution < 1.29 is 14.3 Å². The van der Waals surface area contributed by atoms with Gasteiger partial charge in [0.2, 0.25) is 0 Å². The smallest absolute Gasteiger partial charge is 0.338 e. The Labute approximate surface area is 142 Å². The van der Waals surface area contributed by atoms with Gasteiger partial charge in [0.1, 0.15) is 0 Å². The Morgan fingerprint density at radius 2 is 1.96 bits per heavy atom. The molecule has 0 bridgehead atoms. The van der Waals surface area contributed by atoms with Crippen molar-refractivity contribution in [3.8, 4) is 0 Å². The molecule has 1 heterocycles. The summed E-state index contributed by atoms with van der Waals surface area (Å²) in [5.74, 6) is -0.961. The second-order valence-electron chi connectivity index (χ2n) is 5.14. The van der Waals surface area contributed by atoms with Crippen LogP contribution in [0.4, 0.5) is 10.8 Å². The number of hydrogen-bond donors (Lipinski definition) is 2. The molecule has 1 aromatic heterocycles. The Hall–Kier alpha value is -2.93. The highest BCUT2D eigenvalue weighted by atomic mass is 32.1. The molecule has 6 nitrogen and oxygen atoms in total. The van der Waals surface area contributed by atoms with E-state index in [0.717, 1.165) is 10.2 Å². The van der Waals surface area contributed by atoms with E-state index in [1.54, 1.807) is 30.3 Å². The van der Waals surface area contributed by atoms with E-state index in [1.165, 1.54) is 18.3 Å². The van der Waals surface area contributed by atoms with Crippen LogP contribution in [0, 0.1) is 0 Å². The minimum atomic E-state index is -0.917. The Bertz CT molecular complexity index is 892. The number of amides is 1. The van der Waals surface area contributed by atoms with Gasteiger partial charge in [0.25, 0.3) is 5.91 Å². The third kappa shape index (κ3) is 3.52. The highest BCUT2D eigenvalue weighted by Crippen LogP contribution is 2.25. The van der Waals surface area contributed by atoms with E-state index in [0.29, 0.717) is 16.4 Å². The summed E-state index contributed by atoms with van der Waals surface area (Å²) in [6, 6.07) is 13.9. The molecule has 122 valence electrons. The molecule has 1 unspecified atom stereocenters. The molecule has 0 radical (unpaired) electrons. The van der Waals surface area contributed by atoms with Crippen molar-refractivity contribution in [2.75, 3.05) is 11.1 Å². The molecule has 0 aliphatic carbocycles. The molecule has 2 aromatic carbocycles. The predicted molar refractivity (Wildman–Crippen MR) is 94.0 cm³/mol. The lowest BCUT2D eigenvalue weighted by Gasteiger charge is -2.13. The molecule has 3 aromatic rings. The number of carbonyl (C=O) groups is 2. The van der Waals surface area contributed by atoms with Crippen molar-refractivity contribution in [2.24, 2.45) is 0 Å². The van der Waals surface area contributed by atoms with Crippen molar-refractivity contribution in [1.29, 1.82) is 0 Å². The summed E-state index contributed by atoms with van der Waals surface area (Å²) < 4.78 is 6.02. The van der Waals surface area contributed by atoms with Gasteiger partial charge in [-0.05, 0) is 37.3 Å². The molecule has 0 saturated carbocycles. The fraction of sp³-hybridized carbons (Fsp3) is 0.118. The van der Waals surface area contributed by atoms with Crippen LogP contribution in [-0.2, 0) is 9.53 Å². The maximum Gasteiger partial charge on any atom is 0.338 e. The van der Waals surface area contributed by atoms with Gasteiger partial charge in [-0.1, -0.05) is 29.5 Å². The van der Waals surface area contributed by atoms with Crippen LogP contribution in [0.5, 0.6) is 0 Å². The van der Waals surface area contributed by atoms with Crippen LogP contribution in [0.2, 0.25) is 0 Å². The molecule has 1 amide bonds. The van der Waals surface area contributed by atoms with Gasteiger partial charge in [0, 0.05) is 5.69 Å². The third-order valence-electron chi connectivity index (χ3n) is 3.34. The molecular formula is C17H15N3O3S. The second-order valence-corrected chi connectivity index (χ2v) is 6.20. The molecule has 1 atom stereocenters. The number of para-hydroxylation sites is 1. The number of ether oxygens (including phenoxy) is 1. The van der Waals surface area contributed by atoms with E-state index in [4.69, 9.17) is 10.5 Å². The lowest BCUT2D eigenvalue weighted by molar-refractivity contribution is -0.123. The predicted octanol–water partition coefficient (Wildman–Crippen LogP) is 3.06. The third-order valence-corrected chi connectivity index (χ3v) is 4.18. The van der Waals surface area contributed by atoms with E-state index in [-0.39, 0.29) is 0 Å². The number of esters is 1. The number of anilines is 2. The summed E-state index contributed by atoms with van der Waals surface area (Å²) in [6.07, 6.45) is -0.917. The molecule has 0 fully saturated rings. The number of nitrogens with zero attached hydrogens (tertiary/aromatic N) is 1. The molecule has 3 rings (SSSR count). The van der Waals surface area contributed by atoms with E-state index < -0.39 is 18.0 Å². The number of fused-ring (bicyclic) bond motifs is 1. The summed E-state index contributed by atoms with van der Waals surface area (Å²) in [6.45, 7) is 1.53. The molecule has 0 spiro atoms. The Morgan fingerprint density at radius 1 is 1.21 bits per heavy atom. The van der Waals surface area contributed by atoms with Gasteiger partial charge in [-0.2, -0.15) is 0 Å². The number of thiazole rings is 1. The molecular weight excluding hydrogens is 326 g/mol. The minimum absolute atomic E-state index is 0.352. The number of nitrogens with two attached hydrogens (primary N) is 1. The van der Waals surface area contributed by atoms with Crippen molar-refractivity contribution in [3.05, 3.63) is 54.1 Å². The van der Waals surface area contributed by atoms with Crippen LogP contribution >= 0.6 is 11.3 Å². The Morgan fingerprint density at radius 3 is 2.71 bits per heavy atom. The number of aromatic nitrogens is 1. The van der Waals surface area contributed by atoms with E-state index in [1.807, 2.05) is 18.2 Å². The monoisotopic (exact) mass is 341 g/mol. The quantitative estimate of drug-likeness (QED) is 0.711. The van der Waals surface area contributed by atoms with Gasteiger partial charge in [-0.3, -0.25) is 4.79 Å².